The molecule has 98 heavy (non-hydrogen) atoms. The zero-order valence-corrected chi connectivity index (χ0v) is 57.1. The molecule has 0 saturated heterocycles. The van der Waals surface area contributed by atoms with Gasteiger partial charge in [0.15, 0.2) is 0 Å². The molecule has 2 aliphatic rings. The van der Waals surface area contributed by atoms with Crippen LogP contribution in [0.1, 0.15) is 95.9 Å². The monoisotopic (exact) mass is 1330 g/mol. The van der Waals surface area contributed by atoms with Gasteiger partial charge in [-0.15, -0.1) is 0 Å². The Bertz CT molecular complexity index is 5040. The van der Waals surface area contributed by atoms with E-state index in [-0.39, 0.29) is 0 Å². The number of aromatic nitrogens is 2. The van der Waals surface area contributed by atoms with Gasteiger partial charge in [-0.2, -0.15) is 0 Å². The molecule has 4 nitrogen and oxygen atoms in total. The highest BCUT2D eigenvalue weighted by atomic mass is 79.9. The van der Waals surface area contributed by atoms with E-state index in [0.29, 0.717) is 5.46 Å². The van der Waals surface area contributed by atoms with Crippen LogP contribution in [0.3, 0.4) is 0 Å². The van der Waals surface area contributed by atoms with Crippen LogP contribution in [0.4, 0.5) is 0 Å². The van der Waals surface area contributed by atoms with Crippen LogP contribution in [-0.2, 0) is 38.5 Å². The summed E-state index contributed by atoms with van der Waals surface area (Å²) in [6.07, 6.45) is 16.4. The van der Waals surface area contributed by atoms with Gasteiger partial charge in [-0.25, -0.2) is 9.97 Å². The Morgan fingerprint density at radius 1 is 0.276 bits per heavy atom. The zero-order valence-electron chi connectivity index (χ0n) is 55.5. The molecule has 0 spiro atoms. The second-order valence-corrected chi connectivity index (χ2v) is 27.2. The fraction of sp³-hybridized carbons (Fsp3) is 0.152. The molecule has 0 fully saturated rings. The first kappa shape index (κ1) is 65.2. The van der Waals surface area contributed by atoms with Crippen molar-refractivity contribution in [3.63, 3.8) is 0 Å². The molecule has 0 saturated carbocycles. The number of fused-ring (bicyclic) bond motifs is 8. The van der Waals surface area contributed by atoms with Crippen molar-refractivity contribution < 1.29 is 10.0 Å². The minimum Gasteiger partial charge on any atom is -0.423 e. The molecule has 0 atom stereocenters. The molecule has 6 heteroatoms. The predicted octanol–water partition coefficient (Wildman–Crippen LogP) is 22.8. The van der Waals surface area contributed by atoms with Gasteiger partial charge < -0.3 is 10.0 Å². The van der Waals surface area contributed by atoms with Crippen LogP contribution in [0.5, 0.6) is 0 Å². The Hall–Kier alpha value is -10.1. The lowest BCUT2D eigenvalue weighted by Crippen LogP contribution is -2.29. The number of hydrogen-bond donors (Lipinski definition) is 2. The van der Waals surface area contributed by atoms with E-state index in [0.717, 1.165) is 70.8 Å². The van der Waals surface area contributed by atoms with E-state index in [9.17, 15) is 0 Å². The van der Waals surface area contributed by atoms with Gasteiger partial charge in [-0.1, -0.05) is 290 Å². The third-order valence-electron chi connectivity index (χ3n) is 19.5. The summed E-state index contributed by atoms with van der Waals surface area (Å²) in [5.74, 6) is 0. The number of nitrogens with zero attached hydrogens (tertiary/aromatic N) is 2. The normalized spacial score (nSPS) is 11.6. The number of hydrogen-bond acceptors (Lipinski definition) is 4. The van der Waals surface area contributed by atoms with Crippen molar-refractivity contribution in [3.8, 4) is 78.1 Å². The van der Waals surface area contributed by atoms with Crippen molar-refractivity contribution in [3.05, 3.63) is 352 Å². The average molecular weight is 1340 g/mol. The van der Waals surface area contributed by atoms with E-state index in [4.69, 9.17) is 20.0 Å². The molecular formula is C92H80BBrN2O2. The number of unbranched alkanes of at least 4 members (excludes halogenated alkanes) is 6. The van der Waals surface area contributed by atoms with Crippen molar-refractivity contribution >= 4 is 50.3 Å². The Labute approximate surface area is 586 Å². The largest absolute Gasteiger partial charge is 0.488 e. The van der Waals surface area contributed by atoms with Gasteiger partial charge in [0.2, 0.25) is 0 Å². The van der Waals surface area contributed by atoms with Crippen LogP contribution >= 0.6 is 15.9 Å². The van der Waals surface area contributed by atoms with E-state index in [1.165, 1.54) is 168 Å². The van der Waals surface area contributed by atoms with Crippen LogP contribution < -0.4 is 5.46 Å². The quantitative estimate of drug-likeness (QED) is 0.0589. The second kappa shape index (κ2) is 31.4. The predicted molar refractivity (Wildman–Crippen MR) is 416 cm³/mol. The fourth-order valence-electron chi connectivity index (χ4n) is 14.3. The number of aryl methyl sites for hydroxylation is 4. The van der Waals surface area contributed by atoms with Gasteiger partial charge >= 0.3 is 7.12 Å². The zero-order chi connectivity index (χ0) is 66.4. The van der Waals surface area contributed by atoms with Gasteiger partial charge in [0, 0.05) is 26.4 Å². The molecule has 480 valence electrons. The fourth-order valence-corrected chi connectivity index (χ4v) is 14.7. The van der Waals surface area contributed by atoms with E-state index in [2.05, 4.69) is 301 Å². The van der Waals surface area contributed by atoms with Gasteiger partial charge in [0.25, 0.3) is 0 Å². The lowest BCUT2D eigenvalue weighted by Gasteiger charge is -2.13. The summed E-state index contributed by atoms with van der Waals surface area (Å²) in [6.45, 7) is 0. The Kier molecular flexibility index (Phi) is 20.9. The molecule has 0 unspecified atom stereocenters. The maximum atomic E-state index is 9.15. The molecule has 12 aromatic carbocycles. The average Bonchev–Trinajstić information content (AvgIpc) is 1.01. The van der Waals surface area contributed by atoms with Crippen molar-refractivity contribution in [2.45, 2.75) is 89.9 Å². The lowest BCUT2D eigenvalue weighted by atomic mass is 9.79. The van der Waals surface area contributed by atoms with Gasteiger partial charge in [0.05, 0.1) is 22.4 Å². The van der Waals surface area contributed by atoms with Gasteiger partial charge in [-0.3, -0.25) is 0 Å². The molecule has 16 rings (SSSR count). The maximum Gasteiger partial charge on any atom is 0.488 e. The summed E-state index contributed by atoms with van der Waals surface area (Å²) in [5, 5.41) is 20.7. The van der Waals surface area contributed by atoms with Crippen LogP contribution in [0.25, 0.3) is 100.0 Å². The smallest absolute Gasteiger partial charge is 0.423 e. The highest BCUT2D eigenvalue weighted by molar-refractivity contribution is 9.10. The summed E-state index contributed by atoms with van der Waals surface area (Å²) in [7, 11) is -1.36. The third-order valence-corrected chi connectivity index (χ3v) is 20.0. The number of rotatable bonds is 20. The molecule has 2 heterocycles. The Morgan fingerprint density at radius 2 is 0.663 bits per heavy atom. The minimum absolute atomic E-state index is 0.580. The molecule has 2 aliphatic carbocycles. The van der Waals surface area contributed by atoms with Crippen LogP contribution in [0.2, 0.25) is 0 Å². The van der Waals surface area contributed by atoms with Crippen LogP contribution in [0, 0.1) is 0 Å². The summed E-state index contributed by atoms with van der Waals surface area (Å²) < 4.78 is 1.07. The molecule has 2 aromatic heterocycles. The topological polar surface area (TPSA) is 66.2 Å². The SMILES string of the molecule is Brc1ccc2nc(-c3ccc4c(c3)Cc3ccccc3-4)cc(-c3ccccc3)c2c1.OB(O)c1cccc(CCCCCCc2ccccc2)c1.c1ccc(CCCCCCc2cccc(-c3ccc4nc(-c5ccc6c(c5)Cc5ccccc5-6)cc(-c5ccccc5)c4c3)c2)cc1. The lowest BCUT2D eigenvalue weighted by molar-refractivity contribution is 0.425. The highest BCUT2D eigenvalue weighted by Gasteiger charge is 2.22. The van der Waals surface area contributed by atoms with E-state index >= 15 is 0 Å². The van der Waals surface area contributed by atoms with Crippen LogP contribution in [-0.4, -0.2) is 27.1 Å². The summed E-state index contributed by atoms with van der Waals surface area (Å²) >= 11 is 3.62. The number of benzene rings is 12. The van der Waals surface area contributed by atoms with E-state index in [1.54, 1.807) is 6.07 Å². The third kappa shape index (κ3) is 15.8. The standard InChI is InChI=1S/C46H39N.C28H18BrN.C18H23BO2/c1(5-14-33-15-7-3-8-16-33)2-6-17-34-18-13-22-36(28-34)37-25-27-45-44(31-37)43(35-19-9-4-10-20-35)32-46(47-45)39-24-26-42-40(30-39)29-38-21-11-12-23-41(38)42;29-22-11-13-27-26(16-22)25(18-6-2-1-3-7-18)17-28(30-27)20-10-12-24-21(15-20)14-19-8-4-5-9-23(19)24;20-19(21)18-14-8-13-17(15-18)12-5-2-1-4-9-16-10-6-3-7-11-16/h3-4,7-13,15-16,18-28,30-32H,1-2,5-6,14,17,29H2;1-13,15-17H,14H2;3,6-8,10-11,13-15,20-21H,1-2,4-5,9,12H2. The minimum atomic E-state index is -1.36. The van der Waals surface area contributed by atoms with E-state index < -0.39 is 7.12 Å². The molecule has 0 amide bonds. The van der Waals surface area contributed by atoms with Crippen molar-refractivity contribution in [1.82, 2.24) is 9.97 Å². The second-order valence-electron chi connectivity index (χ2n) is 26.3. The van der Waals surface area contributed by atoms with Crippen molar-refractivity contribution in [1.29, 1.82) is 0 Å². The first-order valence-corrected chi connectivity index (χ1v) is 35.8. The van der Waals surface area contributed by atoms with Crippen LogP contribution in [0.15, 0.2) is 308 Å². The van der Waals surface area contributed by atoms with Crippen molar-refractivity contribution in [2.75, 3.05) is 0 Å². The molecule has 0 radical (unpaired) electrons. The molecule has 0 aliphatic heterocycles. The van der Waals surface area contributed by atoms with Gasteiger partial charge in [-0.05, 0) is 224 Å². The molecule has 14 aromatic rings. The van der Waals surface area contributed by atoms with E-state index in [1.807, 2.05) is 12.1 Å². The summed E-state index contributed by atoms with van der Waals surface area (Å²) in [4.78, 5) is 10.3. The number of halogens is 1. The first-order valence-electron chi connectivity index (χ1n) is 35.0. The maximum absolute atomic E-state index is 9.15. The van der Waals surface area contributed by atoms with Crippen molar-refractivity contribution in [2.24, 2.45) is 0 Å². The molecule has 0 bridgehead atoms. The summed E-state index contributed by atoms with van der Waals surface area (Å²) in [5.41, 5.74) is 30.8. The molecule has 2 N–H and O–H groups in total. The van der Waals surface area contributed by atoms with Gasteiger partial charge in [0.1, 0.15) is 0 Å². The summed E-state index contributed by atoms with van der Waals surface area (Å²) in [6, 6.07) is 108. The Balaban J connectivity index is 0.000000138. The first-order chi connectivity index (χ1) is 48.3. The number of pyridine rings is 2. The Morgan fingerprint density at radius 3 is 1.17 bits per heavy atom. The molecular weight excluding hydrogens is 1260 g/mol. The highest BCUT2D eigenvalue weighted by Crippen LogP contribution is 2.42.